The third-order valence-corrected chi connectivity index (χ3v) is 4.40. The van der Waals surface area contributed by atoms with E-state index in [2.05, 4.69) is 20.8 Å². The van der Waals surface area contributed by atoms with Gasteiger partial charge in [0.2, 0.25) is 5.16 Å². The summed E-state index contributed by atoms with van der Waals surface area (Å²) in [6.45, 7) is -0.188. The Balaban J connectivity index is 1.65. The van der Waals surface area contributed by atoms with Crippen LogP contribution in [0, 0.1) is 0 Å². The molecule has 0 saturated carbocycles. The van der Waals surface area contributed by atoms with Crippen molar-refractivity contribution in [2.75, 3.05) is 18.2 Å². The number of amides is 1. The lowest BCUT2D eigenvalue weighted by atomic mass is 10.3. The number of benzene rings is 2. The molecule has 0 aliphatic heterocycles. The number of aromatic nitrogens is 4. The predicted octanol–water partition coefficient (Wildman–Crippen LogP) is 3.71. The normalized spacial score (nSPS) is 10.6. The summed E-state index contributed by atoms with van der Waals surface area (Å²) in [6, 6.07) is 12.0. The maximum atomic E-state index is 12.1. The minimum Gasteiger partial charge on any atom is -0.482 e. The number of hydrogen-bond acceptors (Lipinski definition) is 6. The van der Waals surface area contributed by atoms with E-state index in [-0.39, 0.29) is 12.5 Å². The molecule has 7 nitrogen and oxygen atoms in total. The number of carbonyl (C=O) groups excluding carboxylic acids is 1. The molecule has 1 amide bonds. The Morgan fingerprint density at radius 3 is 2.88 bits per heavy atom. The molecule has 0 unspecified atom stereocenters. The van der Waals surface area contributed by atoms with Crippen LogP contribution in [0.3, 0.4) is 0 Å². The van der Waals surface area contributed by atoms with Gasteiger partial charge in [-0.3, -0.25) is 4.79 Å². The molecule has 0 saturated heterocycles. The lowest BCUT2D eigenvalue weighted by molar-refractivity contribution is -0.118. The van der Waals surface area contributed by atoms with Crippen LogP contribution >= 0.6 is 35.0 Å². The molecule has 2 aromatic carbocycles. The molecule has 1 N–H and O–H groups in total. The molecule has 26 heavy (non-hydrogen) atoms. The summed E-state index contributed by atoms with van der Waals surface area (Å²) in [6.07, 6.45) is 1.88. The Labute approximate surface area is 163 Å². The number of ether oxygens (including phenoxy) is 1. The molecule has 10 heteroatoms. The first-order valence-corrected chi connectivity index (χ1v) is 9.35. The van der Waals surface area contributed by atoms with E-state index in [1.807, 2.05) is 12.3 Å². The topological polar surface area (TPSA) is 81.9 Å². The van der Waals surface area contributed by atoms with E-state index in [1.165, 1.54) is 11.8 Å². The second-order valence-corrected chi connectivity index (χ2v) is 6.66. The number of nitrogens with one attached hydrogen (secondary N) is 1. The lowest BCUT2D eigenvalue weighted by Crippen LogP contribution is -2.20. The Morgan fingerprint density at radius 1 is 1.27 bits per heavy atom. The van der Waals surface area contributed by atoms with E-state index in [0.717, 1.165) is 5.69 Å². The zero-order valence-electron chi connectivity index (χ0n) is 13.5. The molecule has 1 aromatic heterocycles. The highest BCUT2D eigenvalue weighted by Crippen LogP contribution is 2.27. The zero-order valence-corrected chi connectivity index (χ0v) is 15.8. The molecular weight excluding hydrogens is 397 g/mol. The third-order valence-electron chi connectivity index (χ3n) is 3.25. The van der Waals surface area contributed by atoms with E-state index in [1.54, 1.807) is 41.1 Å². The van der Waals surface area contributed by atoms with Crippen LogP contribution in [0.15, 0.2) is 47.6 Å². The Morgan fingerprint density at radius 2 is 2.12 bits per heavy atom. The lowest BCUT2D eigenvalue weighted by Gasteiger charge is -2.10. The number of thioether (sulfide) groups is 1. The van der Waals surface area contributed by atoms with Gasteiger partial charge in [-0.15, -0.1) is 5.10 Å². The number of hydrogen-bond donors (Lipinski definition) is 1. The third kappa shape index (κ3) is 4.46. The average Bonchev–Trinajstić information content (AvgIpc) is 3.10. The number of nitrogens with zero attached hydrogens (tertiary/aromatic N) is 4. The zero-order chi connectivity index (χ0) is 18.5. The van der Waals surface area contributed by atoms with Gasteiger partial charge in [0.15, 0.2) is 6.61 Å². The minimum absolute atomic E-state index is 0.188. The van der Waals surface area contributed by atoms with E-state index in [0.29, 0.717) is 26.6 Å². The highest BCUT2D eigenvalue weighted by atomic mass is 35.5. The molecule has 0 spiro atoms. The Hall–Kier alpha value is -2.29. The molecule has 0 aliphatic rings. The molecule has 0 atom stereocenters. The van der Waals surface area contributed by atoms with Gasteiger partial charge in [-0.1, -0.05) is 41.0 Å². The number of halogens is 2. The number of rotatable bonds is 6. The summed E-state index contributed by atoms with van der Waals surface area (Å²) in [5.74, 6) is 0.0632. The fraction of sp³-hybridized carbons (Fsp3) is 0.125. The molecule has 0 aliphatic carbocycles. The van der Waals surface area contributed by atoms with Crippen molar-refractivity contribution < 1.29 is 9.53 Å². The fourth-order valence-electron chi connectivity index (χ4n) is 2.12. The first kappa shape index (κ1) is 18.5. The monoisotopic (exact) mass is 409 g/mol. The van der Waals surface area contributed by atoms with Gasteiger partial charge >= 0.3 is 0 Å². The summed E-state index contributed by atoms with van der Waals surface area (Å²) in [4.78, 5) is 12.1. The van der Waals surface area contributed by atoms with Crippen molar-refractivity contribution in [1.82, 2.24) is 20.2 Å². The van der Waals surface area contributed by atoms with Gasteiger partial charge in [-0.05, 0) is 53.1 Å². The number of tetrazole rings is 1. The average molecular weight is 410 g/mol. The molecule has 3 aromatic rings. The molecular formula is C16H13Cl2N5O2S. The van der Waals surface area contributed by atoms with E-state index in [9.17, 15) is 4.79 Å². The molecule has 1 heterocycles. The first-order valence-electron chi connectivity index (χ1n) is 7.37. The van der Waals surface area contributed by atoms with Crippen molar-refractivity contribution >= 4 is 46.6 Å². The summed E-state index contributed by atoms with van der Waals surface area (Å²) in [7, 11) is 0. The number of anilines is 1. The van der Waals surface area contributed by atoms with Crippen LogP contribution in [-0.2, 0) is 4.79 Å². The summed E-state index contributed by atoms with van der Waals surface area (Å²) >= 11 is 13.3. The molecule has 0 fully saturated rings. The number of carbonyl (C=O) groups is 1. The van der Waals surface area contributed by atoms with Crippen LogP contribution in [-0.4, -0.2) is 39.0 Å². The van der Waals surface area contributed by atoms with E-state index >= 15 is 0 Å². The van der Waals surface area contributed by atoms with Crippen LogP contribution in [0.5, 0.6) is 5.75 Å². The van der Waals surface area contributed by atoms with Gasteiger partial charge in [0.25, 0.3) is 5.91 Å². The smallest absolute Gasteiger partial charge is 0.262 e. The largest absolute Gasteiger partial charge is 0.482 e. The van der Waals surface area contributed by atoms with Crippen LogP contribution in [0.2, 0.25) is 10.0 Å². The van der Waals surface area contributed by atoms with Crippen molar-refractivity contribution in [1.29, 1.82) is 0 Å². The minimum atomic E-state index is -0.324. The van der Waals surface area contributed by atoms with Crippen molar-refractivity contribution in [2.24, 2.45) is 0 Å². The highest BCUT2D eigenvalue weighted by Gasteiger charge is 2.10. The van der Waals surface area contributed by atoms with Crippen molar-refractivity contribution in [3.63, 3.8) is 0 Å². The highest BCUT2D eigenvalue weighted by molar-refractivity contribution is 7.98. The molecule has 134 valence electrons. The van der Waals surface area contributed by atoms with Gasteiger partial charge < -0.3 is 10.1 Å². The van der Waals surface area contributed by atoms with Gasteiger partial charge in [-0.2, -0.15) is 4.68 Å². The van der Waals surface area contributed by atoms with E-state index in [4.69, 9.17) is 27.9 Å². The van der Waals surface area contributed by atoms with Crippen LogP contribution < -0.4 is 10.1 Å². The van der Waals surface area contributed by atoms with Gasteiger partial charge in [0, 0.05) is 10.7 Å². The van der Waals surface area contributed by atoms with Crippen LogP contribution in [0.1, 0.15) is 0 Å². The summed E-state index contributed by atoms with van der Waals surface area (Å²) in [5, 5.41) is 15.8. The Bertz CT molecular complexity index is 935. The maximum absolute atomic E-state index is 12.1. The Kier molecular flexibility index (Phi) is 5.97. The molecule has 3 rings (SSSR count). The SMILES string of the molecule is CSc1nnnn1-c1cccc(NC(=O)COc2ccc(Cl)cc2Cl)c1. The summed E-state index contributed by atoms with van der Waals surface area (Å²) in [5.41, 5.74) is 1.33. The van der Waals surface area contributed by atoms with Crippen LogP contribution in [0.25, 0.3) is 5.69 Å². The standard InChI is InChI=1S/C16H13Cl2N5O2S/c1-26-16-20-21-22-23(16)12-4-2-3-11(8-12)19-15(24)9-25-14-6-5-10(17)7-13(14)18/h2-8H,9H2,1H3,(H,19,24). The predicted molar refractivity (Wildman–Crippen MR) is 102 cm³/mol. The van der Waals surface area contributed by atoms with Crippen molar-refractivity contribution in [3.8, 4) is 11.4 Å². The van der Waals surface area contributed by atoms with Crippen molar-refractivity contribution in [3.05, 3.63) is 52.5 Å². The second kappa shape index (κ2) is 8.39. The van der Waals surface area contributed by atoms with E-state index < -0.39 is 0 Å². The van der Waals surface area contributed by atoms with Gasteiger partial charge in [-0.25, -0.2) is 0 Å². The van der Waals surface area contributed by atoms with Crippen molar-refractivity contribution in [2.45, 2.75) is 5.16 Å². The molecule has 0 bridgehead atoms. The fourth-order valence-corrected chi connectivity index (χ4v) is 3.01. The van der Waals surface area contributed by atoms with Crippen LogP contribution in [0.4, 0.5) is 5.69 Å². The first-order chi connectivity index (χ1) is 12.6. The second-order valence-electron chi connectivity index (χ2n) is 5.04. The maximum Gasteiger partial charge on any atom is 0.262 e. The quantitative estimate of drug-likeness (QED) is 0.624. The van der Waals surface area contributed by atoms with Gasteiger partial charge in [0.1, 0.15) is 5.75 Å². The summed E-state index contributed by atoms with van der Waals surface area (Å²) < 4.78 is 7.01. The van der Waals surface area contributed by atoms with Gasteiger partial charge in [0.05, 0.1) is 10.7 Å². The molecule has 0 radical (unpaired) electrons.